The minimum Gasteiger partial charge on any atom is -0.465 e. The molecule has 26 heavy (non-hydrogen) atoms. The Hall–Kier alpha value is -2.88. The zero-order valence-electron chi connectivity index (χ0n) is 15.0. The number of fused-ring (bicyclic) bond motifs is 1. The maximum atomic E-state index is 13.7. The van der Waals surface area contributed by atoms with Crippen LogP contribution in [0.3, 0.4) is 0 Å². The van der Waals surface area contributed by atoms with Gasteiger partial charge in [-0.2, -0.15) is 5.26 Å². The van der Waals surface area contributed by atoms with Crippen LogP contribution in [0, 0.1) is 22.6 Å². The van der Waals surface area contributed by atoms with Crippen LogP contribution in [0.1, 0.15) is 32.9 Å². The van der Waals surface area contributed by atoms with E-state index in [2.05, 4.69) is 10.3 Å². The van der Waals surface area contributed by atoms with Crippen LogP contribution >= 0.6 is 0 Å². The highest BCUT2D eigenvalue weighted by atomic mass is 19.1. The fourth-order valence-corrected chi connectivity index (χ4v) is 3.55. The van der Waals surface area contributed by atoms with E-state index in [4.69, 9.17) is 0 Å². The molecule has 2 atom stereocenters. The van der Waals surface area contributed by atoms with E-state index in [1.807, 2.05) is 26.8 Å². The molecule has 1 aliphatic rings. The van der Waals surface area contributed by atoms with Gasteiger partial charge in [0.15, 0.2) is 0 Å². The number of carbonyl (C=O) groups is 1. The predicted octanol–water partition coefficient (Wildman–Crippen LogP) is 3.82. The van der Waals surface area contributed by atoms with Gasteiger partial charge in [-0.15, -0.1) is 0 Å². The Bertz CT molecular complexity index is 901. The van der Waals surface area contributed by atoms with Crippen molar-refractivity contribution in [3.63, 3.8) is 0 Å². The Morgan fingerprint density at radius 1 is 1.42 bits per heavy atom. The molecule has 1 aromatic carbocycles. The van der Waals surface area contributed by atoms with Crippen LogP contribution in [0.2, 0.25) is 0 Å². The summed E-state index contributed by atoms with van der Waals surface area (Å²) < 4.78 is 13.7. The molecule has 2 heterocycles. The number of rotatable bonds is 2. The van der Waals surface area contributed by atoms with Gasteiger partial charge in [-0.05, 0) is 35.4 Å². The summed E-state index contributed by atoms with van der Waals surface area (Å²) in [5.41, 5.74) is 0.0253. The molecule has 2 unspecified atom stereocenters. The number of hydrogen-bond acceptors (Lipinski definition) is 4. The molecule has 0 aliphatic carbocycles. The third-order valence-corrected chi connectivity index (χ3v) is 4.80. The topological polar surface area (TPSA) is 89.3 Å². The minimum atomic E-state index is -0.955. The molecule has 0 radical (unpaired) electrons. The molecule has 1 aromatic heterocycles. The van der Waals surface area contributed by atoms with Gasteiger partial charge in [0, 0.05) is 24.0 Å². The number of amides is 1. The quantitative estimate of drug-likeness (QED) is 0.854. The molecule has 1 aliphatic heterocycles. The highest BCUT2D eigenvalue weighted by Gasteiger charge is 2.41. The first kappa shape index (κ1) is 17.9. The summed E-state index contributed by atoms with van der Waals surface area (Å²) in [4.78, 5) is 17.3. The van der Waals surface area contributed by atoms with Crippen molar-refractivity contribution in [1.29, 1.82) is 5.26 Å². The number of anilines is 1. The maximum Gasteiger partial charge on any atom is 0.407 e. The summed E-state index contributed by atoms with van der Waals surface area (Å²) in [6, 6.07) is 7.63. The molecule has 6 nitrogen and oxygen atoms in total. The Labute approximate surface area is 151 Å². The zero-order valence-corrected chi connectivity index (χ0v) is 15.0. The van der Waals surface area contributed by atoms with Crippen molar-refractivity contribution in [3.05, 3.63) is 35.8 Å². The van der Waals surface area contributed by atoms with Crippen molar-refractivity contribution in [2.24, 2.45) is 5.41 Å². The fourth-order valence-electron chi connectivity index (χ4n) is 3.55. The summed E-state index contributed by atoms with van der Waals surface area (Å²) in [6.07, 6.45) is -0.339. The van der Waals surface area contributed by atoms with Gasteiger partial charge in [-0.25, -0.2) is 14.2 Å². The number of carboxylic acid groups (broad SMARTS) is 1. The molecular formula is C19H21FN4O2. The second kappa shape index (κ2) is 6.45. The standard InChI is InChI=1S/C19H21FN4O2/c1-19(2,3)16-8-14(10-24(16)18(25)26)23-17-15-7-12(20)5-4-11(15)6-13(9-21)22-17/h4-7,14,16H,8,10H2,1-3H3,(H,22,23)(H,25,26). The Kier molecular flexibility index (Phi) is 4.45. The molecule has 0 saturated carbocycles. The molecule has 136 valence electrons. The summed E-state index contributed by atoms with van der Waals surface area (Å²) in [6.45, 7) is 6.34. The molecule has 2 N–H and O–H groups in total. The van der Waals surface area contributed by atoms with Gasteiger partial charge in [0.05, 0.1) is 0 Å². The highest BCUT2D eigenvalue weighted by molar-refractivity contribution is 5.92. The molecule has 1 fully saturated rings. The number of nitrogens with one attached hydrogen (secondary N) is 1. The average Bonchev–Trinajstić information content (AvgIpc) is 2.99. The first-order valence-corrected chi connectivity index (χ1v) is 8.45. The molecule has 0 bridgehead atoms. The number of aromatic nitrogens is 1. The fraction of sp³-hybridized carbons (Fsp3) is 0.421. The predicted molar refractivity (Wildman–Crippen MR) is 96.4 cm³/mol. The number of nitriles is 1. The zero-order chi connectivity index (χ0) is 19.1. The van der Waals surface area contributed by atoms with Gasteiger partial charge in [-0.1, -0.05) is 26.8 Å². The first-order chi connectivity index (χ1) is 12.2. The van der Waals surface area contributed by atoms with Crippen LogP contribution in [0.25, 0.3) is 10.8 Å². The average molecular weight is 356 g/mol. The summed E-state index contributed by atoms with van der Waals surface area (Å²) in [7, 11) is 0. The van der Waals surface area contributed by atoms with E-state index in [9.17, 15) is 19.6 Å². The maximum absolute atomic E-state index is 13.7. The molecule has 3 rings (SSSR count). The summed E-state index contributed by atoms with van der Waals surface area (Å²) in [5.74, 6) is 0.0154. The minimum absolute atomic E-state index is 0.139. The van der Waals surface area contributed by atoms with Crippen molar-refractivity contribution >= 4 is 22.7 Å². The molecule has 1 saturated heterocycles. The van der Waals surface area contributed by atoms with Crippen LogP contribution in [0.15, 0.2) is 24.3 Å². The van der Waals surface area contributed by atoms with E-state index in [1.165, 1.54) is 17.0 Å². The van der Waals surface area contributed by atoms with Gasteiger partial charge < -0.3 is 15.3 Å². The summed E-state index contributed by atoms with van der Waals surface area (Å²) >= 11 is 0. The van der Waals surface area contributed by atoms with Gasteiger partial charge in [0.25, 0.3) is 0 Å². The SMILES string of the molecule is CC(C)(C)C1CC(Nc2nc(C#N)cc3ccc(F)cc23)CN1C(=O)O. The van der Waals surface area contributed by atoms with Crippen molar-refractivity contribution in [1.82, 2.24) is 9.88 Å². The molecule has 7 heteroatoms. The largest absolute Gasteiger partial charge is 0.465 e. The van der Waals surface area contributed by atoms with Crippen LogP contribution in [0.4, 0.5) is 15.0 Å². The van der Waals surface area contributed by atoms with Crippen molar-refractivity contribution in [2.75, 3.05) is 11.9 Å². The van der Waals surface area contributed by atoms with Crippen molar-refractivity contribution in [3.8, 4) is 6.07 Å². The normalized spacial score (nSPS) is 20.2. The smallest absolute Gasteiger partial charge is 0.407 e. The number of benzene rings is 1. The number of halogens is 1. The first-order valence-electron chi connectivity index (χ1n) is 8.45. The van der Waals surface area contributed by atoms with Gasteiger partial charge in [0.1, 0.15) is 23.4 Å². The van der Waals surface area contributed by atoms with Crippen molar-refractivity contribution in [2.45, 2.75) is 39.3 Å². The van der Waals surface area contributed by atoms with Crippen LogP contribution in [-0.2, 0) is 0 Å². The number of likely N-dealkylation sites (tertiary alicyclic amines) is 1. The van der Waals surface area contributed by atoms with E-state index in [-0.39, 0.29) is 23.2 Å². The van der Waals surface area contributed by atoms with Gasteiger partial charge >= 0.3 is 6.09 Å². The Morgan fingerprint density at radius 2 is 2.15 bits per heavy atom. The van der Waals surface area contributed by atoms with E-state index < -0.39 is 11.9 Å². The molecule has 1 amide bonds. The summed E-state index contributed by atoms with van der Waals surface area (Å²) in [5, 5.41) is 23.2. The third-order valence-electron chi connectivity index (χ3n) is 4.80. The lowest BCUT2D eigenvalue weighted by molar-refractivity contribution is 0.106. The van der Waals surface area contributed by atoms with Crippen LogP contribution < -0.4 is 5.32 Å². The van der Waals surface area contributed by atoms with E-state index >= 15 is 0 Å². The van der Waals surface area contributed by atoms with Crippen LogP contribution in [-0.4, -0.2) is 39.7 Å². The number of nitrogens with zero attached hydrogens (tertiary/aromatic N) is 3. The lowest BCUT2D eigenvalue weighted by Crippen LogP contribution is -2.42. The third kappa shape index (κ3) is 3.40. The van der Waals surface area contributed by atoms with Gasteiger partial charge in [-0.3, -0.25) is 0 Å². The van der Waals surface area contributed by atoms with E-state index in [0.717, 1.165) is 0 Å². The molecular weight excluding hydrogens is 335 g/mol. The Morgan fingerprint density at radius 3 is 2.73 bits per heavy atom. The lowest BCUT2D eigenvalue weighted by Gasteiger charge is -2.32. The van der Waals surface area contributed by atoms with E-state index in [1.54, 1.807) is 12.1 Å². The number of pyridine rings is 1. The van der Waals surface area contributed by atoms with Crippen molar-refractivity contribution < 1.29 is 14.3 Å². The monoisotopic (exact) mass is 356 g/mol. The van der Waals surface area contributed by atoms with Crippen LogP contribution in [0.5, 0.6) is 0 Å². The molecule has 0 spiro atoms. The van der Waals surface area contributed by atoms with Gasteiger partial charge in [0.2, 0.25) is 0 Å². The highest BCUT2D eigenvalue weighted by Crippen LogP contribution is 2.34. The number of hydrogen-bond donors (Lipinski definition) is 2. The lowest BCUT2D eigenvalue weighted by atomic mass is 9.85. The Balaban J connectivity index is 1.95. The van der Waals surface area contributed by atoms with E-state index in [0.29, 0.717) is 29.6 Å². The second-order valence-corrected chi connectivity index (χ2v) is 7.73. The molecule has 2 aromatic rings. The second-order valence-electron chi connectivity index (χ2n) is 7.73.